The van der Waals surface area contributed by atoms with Crippen LogP contribution in [0.25, 0.3) is 11.4 Å². The molecule has 3 aromatic carbocycles. The van der Waals surface area contributed by atoms with E-state index in [-0.39, 0.29) is 44.5 Å². The van der Waals surface area contributed by atoms with Crippen molar-refractivity contribution in [2.45, 2.75) is 59.7 Å². The molecular weight excluding hydrogens is 671 g/mol. The lowest BCUT2D eigenvalue weighted by molar-refractivity contribution is 0.0367. The fraction of sp³-hybridized carbons (Fsp3) is 0.278. The second-order valence-corrected chi connectivity index (χ2v) is 12.8. The largest absolute Gasteiger partial charge is 0.497 e. The molecule has 0 aliphatic heterocycles. The molecule has 5 aromatic rings. The zero-order valence-electron chi connectivity index (χ0n) is 28.0. The number of methoxy groups -OCH3 is 1. The smallest absolute Gasteiger partial charge is 0.339 e. The summed E-state index contributed by atoms with van der Waals surface area (Å²) in [6.45, 7) is 10.4. The van der Waals surface area contributed by atoms with E-state index < -0.39 is 29.0 Å². The number of rotatable bonds is 10. The molecule has 2 aromatic heterocycles. The number of hydrogen-bond donors (Lipinski definition) is 2. The number of nitrogens with one attached hydrogen (secondary N) is 2. The summed E-state index contributed by atoms with van der Waals surface area (Å²) >= 11 is 12.7. The van der Waals surface area contributed by atoms with Crippen LogP contribution in [0.1, 0.15) is 82.4 Å². The fourth-order valence-electron chi connectivity index (χ4n) is 5.63. The molecule has 5 rings (SSSR count). The number of ether oxygens (including phenoxy) is 3. The van der Waals surface area contributed by atoms with Crippen LogP contribution in [0.15, 0.2) is 70.3 Å². The average molecular weight is 708 g/mol. The van der Waals surface area contributed by atoms with Crippen LogP contribution < -0.4 is 15.9 Å². The Balaban J connectivity index is 1.70. The van der Waals surface area contributed by atoms with Gasteiger partial charge >= 0.3 is 11.9 Å². The van der Waals surface area contributed by atoms with E-state index in [1.807, 2.05) is 6.07 Å². The van der Waals surface area contributed by atoms with Crippen LogP contribution >= 0.6 is 23.2 Å². The molecule has 13 heteroatoms. The zero-order valence-corrected chi connectivity index (χ0v) is 29.5. The van der Waals surface area contributed by atoms with Crippen molar-refractivity contribution in [1.82, 2.24) is 19.6 Å². The average Bonchev–Trinajstić information content (AvgIpc) is 3.51. The summed E-state index contributed by atoms with van der Waals surface area (Å²) in [5.74, 6) is -1.60. The first-order chi connectivity index (χ1) is 23.2. The van der Waals surface area contributed by atoms with Crippen molar-refractivity contribution in [2.24, 2.45) is 0 Å². The molecule has 0 saturated carbocycles. The Morgan fingerprint density at radius 1 is 0.694 bits per heavy atom. The maximum Gasteiger partial charge on any atom is 0.339 e. The van der Waals surface area contributed by atoms with Crippen molar-refractivity contribution in [1.29, 1.82) is 0 Å². The Bertz CT molecular complexity index is 2040. The summed E-state index contributed by atoms with van der Waals surface area (Å²) < 4.78 is 18.8. The summed E-state index contributed by atoms with van der Waals surface area (Å²) in [4.78, 5) is 54.3. The highest BCUT2D eigenvalue weighted by Gasteiger charge is 2.32. The Morgan fingerprint density at radius 2 is 1.14 bits per heavy atom. The van der Waals surface area contributed by atoms with Crippen LogP contribution in [-0.4, -0.2) is 50.8 Å². The third-order valence-electron chi connectivity index (χ3n) is 7.78. The van der Waals surface area contributed by atoms with Crippen LogP contribution in [0, 0.1) is 13.8 Å². The lowest BCUT2D eigenvalue weighted by atomic mass is 9.85. The van der Waals surface area contributed by atoms with Crippen molar-refractivity contribution in [2.75, 3.05) is 7.11 Å². The molecule has 0 fully saturated rings. The minimum absolute atomic E-state index is 0.0990. The molecule has 0 spiro atoms. The summed E-state index contributed by atoms with van der Waals surface area (Å²) in [5.41, 5.74) is 2.14. The number of aromatic nitrogens is 4. The predicted octanol–water partition coefficient (Wildman–Crippen LogP) is 6.89. The third kappa shape index (κ3) is 7.09. The zero-order chi connectivity index (χ0) is 35.7. The molecule has 2 N–H and O–H groups in total. The van der Waals surface area contributed by atoms with Gasteiger partial charge in [0.05, 0.1) is 63.0 Å². The number of aromatic amines is 2. The molecule has 0 aliphatic rings. The predicted molar refractivity (Wildman–Crippen MR) is 187 cm³/mol. The van der Waals surface area contributed by atoms with E-state index in [1.165, 1.54) is 40.7 Å². The molecule has 49 heavy (non-hydrogen) atoms. The second-order valence-electron chi connectivity index (χ2n) is 12.0. The molecule has 0 amide bonds. The first-order valence-electron chi connectivity index (χ1n) is 15.5. The SMILES string of the molecule is COc1cccc(C(c2c(C)[nH]n(-c3ccc(Cl)c(C(=O)OC(C)C)c3)c2=O)c2c(C)[nH]n(-c3ccc(Cl)c(C(=O)OC(C)C)c3)c2=O)c1. The van der Waals surface area contributed by atoms with E-state index in [0.717, 1.165) is 0 Å². The molecule has 11 nitrogen and oxygen atoms in total. The monoisotopic (exact) mass is 706 g/mol. The Morgan fingerprint density at radius 3 is 1.55 bits per heavy atom. The number of benzene rings is 3. The number of H-pyrrole nitrogens is 2. The Hall–Kier alpha value is -5.00. The maximum atomic E-state index is 14.4. The molecule has 2 heterocycles. The lowest BCUT2D eigenvalue weighted by Crippen LogP contribution is -2.25. The van der Waals surface area contributed by atoms with E-state index in [2.05, 4.69) is 10.2 Å². The fourth-order valence-corrected chi connectivity index (χ4v) is 6.02. The van der Waals surface area contributed by atoms with Gasteiger partial charge < -0.3 is 14.2 Å². The minimum Gasteiger partial charge on any atom is -0.497 e. The highest BCUT2D eigenvalue weighted by atomic mass is 35.5. The van der Waals surface area contributed by atoms with E-state index in [4.69, 9.17) is 37.4 Å². The number of carbonyl (C=O) groups is 2. The highest BCUT2D eigenvalue weighted by Crippen LogP contribution is 2.34. The second kappa shape index (κ2) is 14.2. The molecule has 0 bridgehead atoms. The Kier molecular flexibility index (Phi) is 10.3. The number of esters is 2. The molecule has 256 valence electrons. The number of carbonyl (C=O) groups excluding carboxylic acids is 2. The number of aryl methyl sites for hydroxylation is 2. The van der Waals surface area contributed by atoms with E-state index in [9.17, 15) is 19.2 Å². The molecule has 0 radical (unpaired) electrons. The van der Waals surface area contributed by atoms with Gasteiger partial charge in [0.1, 0.15) is 5.75 Å². The van der Waals surface area contributed by atoms with Gasteiger partial charge in [-0.25, -0.2) is 19.0 Å². The number of hydrogen-bond acceptors (Lipinski definition) is 7. The van der Waals surface area contributed by atoms with Gasteiger partial charge in [0.2, 0.25) is 0 Å². The normalized spacial score (nSPS) is 11.4. The van der Waals surface area contributed by atoms with Crippen molar-refractivity contribution in [3.05, 3.63) is 131 Å². The molecule has 0 aliphatic carbocycles. The summed E-state index contributed by atoms with van der Waals surface area (Å²) in [6.07, 6.45) is -0.750. The molecule has 0 atom stereocenters. The van der Waals surface area contributed by atoms with Crippen LogP contribution in [0.3, 0.4) is 0 Å². The summed E-state index contributed by atoms with van der Waals surface area (Å²) in [5, 5.41) is 6.58. The van der Waals surface area contributed by atoms with Gasteiger partial charge in [-0.2, -0.15) is 0 Å². The third-order valence-corrected chi connectivity index (χ3v) is 8.44. The quantitative estimate of drug-likeness (QED) is 0.151. The van der Waals surface area contributed by atoms with E-state index in [0.29, 0.717) is 34.1 Å². The minimum atomic E-state index is -0.875. The van der Waals surface area contributed by atoms with Crippen molar-refractivity contribution in [3.63, 3.8) is 0 Å². The molecule has 0 unspecified atom stereocenters. The van der Waals surface area contributed by atoms with Gasteiger partial charge in [-0.05, 0) is 95.6 Å². The topological polar surface area (TPSA) is 137 Å². The first kappa shape index (κ1) is 35.3. The van der Waals surface area contributed by atoms with Crippen LogP contribution in [-0.2, 0) is 9.47 Å². The van der Waals surface area contributed by atoms with Gasteiger partial charge in [0, 0.05) is 17.3 Å². The van der Waals surface area contributed by atoms with Gasteiger partial charge in [-0.3, -0.25) is 19.8 Å². The maximum absolute atomic E-state index is 14.4. The highest BCUT2D eigenvalue weighted by molar-refractivity contribution is 6.34. The van der Waals surface area contributed by atoms with Crippen LogP contribution in [0.5, 0.6) is 5.75 Å². The Labute approximate surface area is 292 Å². The molecular formula is C36H36Cl2N4O7. The standard InChI is InChI=1S/C36H36Cl2N4O7/c1-18(2)48-35(45)26-16-23(11-13-28(26)37)41-33(43)30(20(5)39-41)32(22-9-8-10-25(15-22)47-7)31-21(6)40-42(34(31)44)24-12-14-29(38)27(17-24)36(46)49-19(3)4/h8-19,32,39-40H,1-7H3. The van der Waals surface area contributed by atoms with Gasteiger partial charge in [-0.1, -0.05) is 35.3 Å². The summed E-state index contributed by atoms with van der Waals surface area (Å²) in [7, 11) is 1.53. The van der Waals surface area contributed by atoms with E-state index >= 15 is 0 Å². The van der Waals surface area contributed by atoms with Crippen LogP contribution in [0.2, 0.25) is 10.0 Å². The van der Waals surface area contributed by atoms with Gasteiger partial charge in [0.25, 0.3) is 11.1 Å². The van der Waals surface area contributed by atoms with Crippen molar-refractivity contribution in [3.8, 4) is 17.1 Å². The first-order valence-corrected chi connectivity index (χ1v) is 16.3. The van der Waals surface area contributed by atoms with Gasteiger partial charge in [-0.15, -0.1) is 0 Å². The molecule has 0 saturated heterocycles. The van der Waals surface area contributed by atoms with Gasteiger partial charge in [0.15, 0.2) is 0 Å². The van der Waals surface area contributed by atoms with E-state index in [1.54, 1.807) is 71.9 Å². The number of halogens is 2. The van der Waals surface area contributed by atoms with Crippen molar-refractivity contribution >= 4 is 35.1 Å². The summed E-state index contributed by atoms with van der Waals surface area (Å²) in [6, 6.07) is 16.3. The lowest BCUT2D eigenvalue weighted by Gasteiger charge is -2.16. The van der Waals surface area contributed by atoms with Crippen molar-refractivity contribution < 1.29 is 23.8 Å². The number of nitrogens with zero attached hydrogens (tertiary/aromatic N) is 2. The van der Waals surface area contributed by atoms with Crippen LogP contribution in [0.4, 0.5) is 0 Å².